The Hall–Kier alpha value is -8.42. The normalized spacial score (nSPS) is 13.2. The monoisotopic (exact) mass is 862 g/mol. The van der Waals surface area contributed by atoms with Crippen LogP contribution in [0.3, 0.4) is 0 Å². The first-order valence-electron chi connectivity index (χ1n) is 23.1. The van der Waals surface area contributed by atoms with Crippen LogP contribution in [0.2, 0.25) is 0 Å². The number of hydrogen-bond donors (Lipinski definition) is 0. The van der Waals surface area contributed by atoms with Crippen LogP contribution in [0.1, 0.15) is 26.3 Å². The van der Waals surface area contributed by atoms with Gasteiger partial charge in [-0.25, -0.2) is 0 Å². The quantitative estimate of drug-likeness (QED) is 0.161. The lowest BCUT2D eigenvalue weighted by molar-refractivity contribution is 0.586. The van der Waals surface area contributed by atoms with Crippen molar-refractivity contribution in [3.8, 4) is 0 Å². The first-order valence-corrected chi connectivity index (χ1v) is 23.1. The smallest absolute Gasteiger partial charge is 0.254 e. The van der Waals surface area contributed by atoms with Crippen molar-refractivity contribution in [3.05, 3.63) is 212 Å². The number of rotatable bonds is 5. The zero-order valence-corrected chi connectivity index (χ0v) is 37.3. The molecule has 12 aromatic rings. The van der Waals surface area contributed by atoms with Crippen molar-refractivity contribution in [2.75, 3.05) is 14.7 Å². The Morgan fingerprint density at radius 2 is 0.970 bits per heavy atom. The first-order chi connectivity index (χ1) is 32.9. The minimum atomic E-state index is -0.109. The van der Waals surface area contributed by atoms with Crippen molar-refractivity contribution >= 4 is 124 Å². The number of furan rings is 2. The molecule has 318 valence electrons. The van der Waals surface area contributed by atoms with Crippen molar-refractivity contribution < 1.29 is 8.83 Å². The number of benzene rings is 8. The first kappa shape index (κ1) is 37.9. The molecule has 0 saturated heterocycles. The summed E-state index contributed by atoms with van der Waals surface area (Å²) < 4.78 is 16.2. The molecule has 67 heavy (non-hydrogen) atoms. The van der Waals surface area contributed by atoms with E-state index in [1.54, 1.807) is 0 Å². The van der Waals surface area contributed by atoms with Crippen molar-refractivity contribution in [1.29, 1.82) is 0 Å². The highest BCUT2D eigenvalue weighted by Gasteiger charge is 2.46. The molecule has 0 spiro atoms. The SMILES string of the molecule is CC(C)(C)c1ccc2cc3c(n2c1)N(c1cccc2c1oc1ccccc12)c1cccc2c1B3c1ccc(N(c3ccccc3)c3ccccc3)cc1N2c1cccc2c1oc1ccccc12. The van der Waals surface area contributed by atoms with Gasteiger partial charge in [0.05, 0.1) is 11.4 Å². The Labute approximate surface area is 388 Å². The van der Waals surface area contributed by atoms with Gasteiger partial charge in [0.1, 0.15) is 17.0 Å². The van der Waals surface area contributed by atoms with Gasteiger partial charge in [-0.15, -0.1) is 0 Å². The van der Waals surface area contributed by atoms with Crippen LogP contribution in [0.4, 0.5) is 51.3 Å². The summed E-state index contributed by atoms with van der Waals surface area (Å²) in [6, 6.07) is 72.1. The third kappa shape index (κ3) is 5.52. The molecule has 6 nitrogen and oxygen atoms in total. The van der Waals surface area contributed by atoms with Gasteiger partial charge in [0.15, 0.2) is 11.2 Å². The Balaban J connectivity index is 1.10. The standard InChI is InChI=1S/C60H43BN4O2/c1-60(2,3)38-31-32-41-35-48-59(62(41)37-38)65(52-28-15-24-46-44-22-11-13-30-55(44)67-58(46)52)50-26-16-25-49-56(50)61(48)47-34-33-42(63(39-17-6-4-7-18-39)40-19-8-5-9-20-40)36-53(47)64(49)51-27-14-23-45-43-21-10-12-29-54(43)66-57(45)51/h4-37H,1-3H3. The average Bonchev–Trinajstić information content (AvgIpc) is 4.06. The summed E-state index contributed by atoms with van der Waals surface area (Å²) in [6.45, 7) is 6.76. The van der Waals surface area contributed by atoms with Gasteiger partial charge in [0.25, 0.3) is 6.71 Å². The number of fused-ring (bicyclic) bond motifs is 12. The summed E-state index contributed by atoms with van der Waals surface area (Å²) in [4.78, 5) is 7.29. The van der Waals surface area contributed by atoms with Crippen LogP contribution in [0.25, 0.3) is 49.4 Å². The molecule has 0 radical (unpaired) electrons. The Kier molecular flexibility index (Phi) is 7.95. The molecule has 6 heterocycles. The van der Waals surface area contributed by atoms with Crippen LogP contribution in [0.5, 0.6) is 0 Å². The molecular weight excluding hydrogens is 819 g/mol. The van der Waals surface area contributed by atoms with Gasteiger partial charge in [-0.05, 0) is 112 Å². The van der Waals surface area contributed by atoms with Crippen LogP contribution in [0, 0.1) is 0 Å². The van der Waals surface area contributed by atoms with Crippen LogP contribution in [0.15, 0.2) is 215 Å². The van der Waals surface area contributed by atoms with Gasteiger partial charge < -0.3 is 23.0 Å². The Morgan fingerprint density at radius 1 is 0.433 bits per heavy atom. The fourth-order valence-electron chi connectivity index (χ4n) is 11.0. The van der Waals surface area contributed by atoms with Crippen molar-refractivity contribution in [3.63, 3.8) is 0 Å². The zero-order valence-electron chi connectivity index (χ0n) is 37.3. The summed E-state index contributed by atoms with van der Waals surface area (Å²) in [5.74, 6) is 1.11. The molecule has 14 rings (SSSR count). The lowest BCUT2D eigenvalue weighted by atomic mass is 9.34. The Morgan fingerprint density at radius 3 is 1.60 bits per heavy atom. The lowest BCUT2D eigenvalue weighted by Crippen LogP contribution is -2.61. The second kappa shape index (κ2) is 14.0. The second-order valence-corrected chi connectivity index (χ2v) is 19.0. The number of nitrogens with zero attached hydrogens (tertiary/aromatic N) is 4. The molecule has 0 unspecified atom stereocenters. The minimum Gasteiger partial charge on any atom is -0.454 e. The predicted octanol–water partition coefficient (Wildman–Crippen LogP) is 14.6. The fourth-order valence-corrected chi connectivity index (χ4v) is 11.0. The zero-order chi connectivity index (χ0) is 44.5. The van der Waals surface area contributed by atoms with Crippen LogP contribution < -0.4 is 31.1 Å². The highest BCUT2D eigenvalue weighted by molar-refractivity contribution is 7.00. The van der Waals surface area contributed by atoms with E-state index in [1.807, 2.05) is 6.07 Å². The van der Waals surface area contributed by atoms with Crippen molar-refractivity contribution in [1.82, 2.24) is 4.40 Å². The lowest BCUT2D eigenvalue weighted by Gasteiger charge is -2.43. The summed E-state index contributed by atoms with van der Waals surface area (Å²) in [5.41, 5.74) is 18.0. The van der Waals surface area contributed by atoms with E-state index in [1.165, 1.54) is 22.0 Å². The number of anilines is 9. The summed E-state index contributed by atoms with van der Waals surface area (Å²) in [5, 5.41) is 4.38. The Bertz CT molecular complexity index is 3920. The van der Waals surface area contributed by atoms with Crippen LogP contribution in [-0.2, 0) is 5.41 Å². The van der Waals surface area contributed by atoms with E-state index >= 15 is 0 Å². The van der Waals surface area contributed by atoms with Gasteiger partial charge in [-0.3, -0.25) is 4.90 Å². The van der Waals surface area contributed by atoms with E-state index in [2.05, 4.69) is 240 Å². The number of hydrogen-bond acceptors (Lipinski definition) is 5. The maximum atomic E-state index is 6.90. The predicted molar refractivity (Wildman–Crippen MR) is 279 cm³/mol. The molecular formula is C60H43BN4O2. The maximum absolute atomic E-state index is 6.90. The van der Waals surface area contributed by atoms with Crippen molar-refractivity contribution in [2.24, 2.45) is 0 Å². The van der Waals surface area contributed by atoms with E-state index in [0.29, 0.717) is 0 Å². The molecule has 0 amide bonds. The van der Waals surface area contributed by atoms with Crippen LogP contribution in [-0.4, -0.2) is 11.1 Å². The summed E-state index contributed by atoms with van der Waals surface area (Å²) in [6.07, 6.45) is 2.35. The van der Waals surface area contributed by atoms with Gasteiger partial charge in [-0.1, -0.05) is 136 Å². The van der Waals surface area contributed by atoms with Crippen molar-refractivity contribution in [2.45, 2.75) is 26.2 Å². The molecule has 0 N–H and O–H groups in total. The highest BCUT2D eigenvalue weighted by atomic mass is 16.3. The van der Waals surface area contributed by atoms with Gasteiger partial charge in [0, 0.05) is 67.4 Å². The van der Waals surface area contributed by atoms with Crippen LogP contribution >= 0.6 is 0 Å². The molecule has 0 saturated carbocycles. The molecule has 4 aromatic heterocycles. The maximum Gasteiger partial charge on any atom is 0.254 e. The topological polar surface area (TPSA) is 40.4 Å². The number of para-hydroxylation sites is 6. The average molecular weight is 863 g/mol. The van der Waals surface area contributed by atoms with E-state index < -0.39 is 0 Å². The second-order valence-electron chi connectivity index (χ2n) is 19.0. The molecule has 0 atom stereocenters. The molecule has 2 aliphatic heterocycles. The molecule has 0 bridgehead atoms. The molecule has 0 aliphatic carbocycles. The van der Waals surface area contributed by atoms with Gasteiger partial charge in [0.2, 0.25) is 0 Å². The van der Waals surface area contributed by atoms with E-state index in [-0.39, 0.29) is 12.1 Å². The van der Waals surface area contributed by atoms with E-state index in [0.717, 1.165) is 101 Å². The van der Waals surface area contributed by atoms with E-state index in [4.69, 9.17) is 8.83 Å². The fraction of sp³-hybridized carbons (Fsp3) is 0.0667. The molecule has 7 heteroatoms. The molecule has 8 aromatic carbocycles. The molecule has 0 fully saturated rings. The minimum absolute atomic E-state index is 0.0654. The summed E-state index contributed by atoms with van der Waals surface area (Å²) >= 11 is 0. The van der Waals surface area contributed by atoms with Gasteiger partial charge >= 0.3 is 0 Å². The molecule has 2 aliphatic rings. The third-order valence-corrected chi connectivity index (χ3v) is 14.1. The summed E-state index contributed by atoms with van der Waals surface area (Å²) in [7, 11) is 0. The number of aromatic nitrogens is 1. The van der Waals surface area contributed by atoms with E-state index in [9.17, 15) is 0 Å². The third-order valence-electron chi connectivity index (χ3n) is 14.1. The highest BCUT2D eigenvalue weighted by Crippen LogP contribution is 2.50. The van der Waals surface area contributed by atoms with Gasteiger partial charge in [-0.2, -0.15) is 0 Å². The largest absolute Gasteiger partial charge is 0.454 e. The number of pyridine rings is 1.